The molecule has 4 rings (SSSR count). The first-order chi connectivity index (χ1) is 12.7. The maximum Gasteiger partial charge on any atom is 0.136 e. The van der Waals surface area contributed by atoms with E-state index in [-0.39, 0.29) is 18.3 Å². The van der Waals surface area contributed by atoms with Crippen LogP contribution in [0.2, 0.25) is 0 Å². The Balaban J connectivity index is 0.000000948. The van der Waals surface area contributed by atoms with E-state index in [0.29, 0.717) is 5.92 Å². The maximum absolute atomic E-state index is 11.8. The Morgan fingerprint density at radius 1 is 1.08 bits per heavy atom. The first-order valence-electron chi connectivity index (χ1n) is 10.3. The van der Waals surface area contributed by atoms with E-state index in [1.54, 1.807) is 0 Å². The predicted molar refractivity (Wildman–Crippen MR) is 104 cm³/mol. The van der Waals surface area contributed by atoms with Gasteiger partial charge in [-0.3, -0.25) is 9.74 Å². The highest BCUT2D eigenvalue weighted by Crippen LogP contribution is 2.47. The van der Waals surface area contributed by atoms with Gasteiger partial charge in [0.1, 0.15) is 18.0 Å². The van der Waals surface area contributed by atoms with Crippen molar-refractivity contribution in [2.45, 2.75) is 63.9 Å². The lowest BCUT2D eigenvalue weighted by molar-refractivity contribution is -0.119. The fourth-order valence-corrected chi connectivity index (χ4v) is 4.58. The molecule has 0 spiro atoms. The highest BCUT2D eigenvalue weighted by atomic mass is 16.7. The maximum atomic E-state index is 11.8. The molecule has 2 aliphatic heterocycles. The van der Waals surface area contributed by atoms with Crippen LogP contribution in [-0.2, 0) is 10.4 Å². The van der Waals surface area contributed by atoms with Gasteiger partial charge < -0.3 is 10.4 Å². The van der Waals surface area contributed by atoms with Crippen molar-refractivity contribution in [3.8, 4) is 0 Å². The number of benzene rings is 1. The minimum absolute atomic E-state index is 0.0346. The summed E-state index contributed by atoms with van der Waals surface area (Å²) in [7, 11) is 2.09. The summed E-state index contributed by atoms with van der Waals surface area (Å²) >= 11 is 0. The number of hydroxylamine groups is 1. The summed E-state index contributed by atoms with van der Waals surface area (Å²) in [6.07, 6.45) is 5.44. The standard InChI is InChI=1S/C19H29N3O2.C2H6/c1-22-17(14-10-12-20-13-11-14)24-21-18(22)19(23,16-8-5-9-16)15-6-3-2-4-7-15;1-2/h2-4,6-7,14,16-18,20-21,23H,5,8-13H2,1H3;1-2H3. The third-order valence-corrected chi connectivity index (χ3v) is 6.28. The number of nitrogens with one attached hydrogen (secondary N) is 2. The van der Waals surface area contributed by atoms with Crippen LogP contribution in [0.3, 0.4) is 0 Å². The number of hydrogen-bond acceptors (Lipinski definition) is 5. The topological polar surface area (TPSA) is 56.8 Å². The predicted octanol–water partition coefficient (Wildman–Crippen LogP) is 2.82. The highest BCUT2D eigenvalue weighted by molar-refractivity contribution is 5.26. The van der Waals surface area contributed by atoms with Gasteiger partial charge in [-0.1, -0.05) is 50.6 Å². The van der Waals surface area contributed by atoms with Gasteiger partial charge in [0.2, 0.25) is 0 Å². The van der Waals surface area contributed by atoms with E-state index in [9.17, 15) is 5.11 Å². The van der Waals surface area contributed by atoms with E-state index >= 15 is 0 Å². The van der Waals surface area contributed by atoms with Crippen LogP contribution in [0, 0.1) is 11.8 Å². The molecule has 1 aromatic rings. The lowest BCUT2D eigenvalue weighted by atomic mass is 9.68. The molecule has 1 aromatic carbocycles. The molecule has 0 radical (unpaired) electrons. The zero-order chi connectivity index (χ0) is 18.6. The Labute approximate surface area is 158 Å². The molecule has 26 heavy (non-hydrogen) atoms. The SMILES string of the molecule is CC.CN1C(C2CCNCC2)ONC1C(O)(c1ccccc1)C1CCC1. The molecule has 0 amide bonds. The average Bonchev–Trinajstić information content (AvgIpc) is 3.05. The summed E-state index contributed by atoms with van der Waals surface area (Å²) in [6, 6.07) is 10.1. The number of nitrogens with zero attached hydrogens (tertiary/aromatic N) is 1. The van der Waals surface area contributed by atoms with E-state index in [0.717, 1.165) is 44.3 Å². The van der Waals surface area contributed by atoms with Crippen LogP contribution >= 0.6 is 0 Å². The molecule has 2 heterocycles. The van der Waals surface area contributed by atoms with Crippen molar-refractivity contribution >= 4 is 0 Å². The first kappa shape index (κ1) is 19.8. The van der Waals surface area contributed by atoms with Gasteiger partial charge in [0, 0.05) is 5.92 Å². The molecule has 3 unspecified atom stereocenters. The van der Waals surface area contributed by atoms with E-state index in [1.807, 2.05) is 44.2 Å². The van der Waals surface area contributed by atoms with Crippen molar-refractivity contribution in [3.05, 3.63) is 35.9 Å². The van der Waals surface area contributed by atoms with Crippen molar-refractivity contribution in [3.63, 3.8) is 0 Å². The Morgan fingerprint density at radius 3 is 2.31 bits per heavy atom. The molecule has 5 nitrogen and oxygen atoms in total. The molecule has 3 fully saturated rings. The third kappa shape index (κ3) is 3.56. The average molecular weight is 362 g/mol. The Morgan fingerprint density at radius 2 is 1.73 bits per heavy atom. The fraction of sp³-hybridized carbons (Fsp3) is 0.714. The number of likely N-dealkylation sites (N-methyl/N-ethyl adjacent to an activating group) is 1. The first-order valence-corrected chi connectivity index (χ1v) is 10.3. The Kier molecular flexibility index (Phi) is 6.70. The van der Waals surface area contributed by atoms with Crippen LogP contribution in [-0.4, -0.2) is 42.5 Å². The van der Waals surface area contributed by atoms with Gasteiger partial charge in [-0.15, -0.1) is 0 Å². The quantitative estimate of drug-likeness (QED) is 0.770. The van der Waals surface area contributed by atoms with Gasteiger partial charge in [0.05, 0.1) is 0 Å². The van der Waals surface area contributed by atoms with Gasteiger partial charge in [-0.25, -0.2) is 0 Å². The van der Waals surface area contributed by atoms with Crippen LogP contribution in [0.4, 0.5) is 0 Å². The van der Waals surface area contributed by atoms with Gasteiger partial charge in [-0.2, -0.15) is 5.48 Å². The summed E-state index contributed by atoms with van der Waals surface area (Å²) in [5.41, 5.74) is 3.28. The molecule has 5 heteroatoms. The summed E-state index contributed by atoms with van der Waals surface area (Å²) in [6.45, 7) is 6.10. The molecule has 1 saturated carbocycles. The molecule has 3 aliphatic rings. The smallest absolute Gasteiger partial charge is 0.136 e. The normalized spacial score (nSPS) is 30.2. The van der Waals surface area contributed by atoms with E-state index in [1.165, 1.54) is 6.42 Å². The molecular formula is C21H35N3O2. The second-order valence-electron chi connectivity index (χ2n) is 7.60. The molecular weight excluding hydrogens is 326 g/mol. The van der Waals surface area contributed by atoms with Crippen LogP contribution in [0.1, 0.15) is 51.5 Å². The van der Waals surface area contributed by atoms with E-state index in [4.69, 9.17) is 4.84 Å². The largest absolute Gasteiger partial charge is 0.382 e. The molecule has 0 aromatic heterocycles. The molecule has 2 saturated heterocycles. The minimum Gasteiger partial charge on any atom is -0.382 e. The second kappa shape index (κ2) is 8.81. The zero-order valence-corrected chi connectivity index (χ0v) is 16.4. The number of piperidine rings is 1. The van der Waals surface area contributed by atoms with Crippen molar-refractivity contribution in [1.82, 2.24) is 15.7 Å². The monoisotopic (exact) mass is 361 g/mol. The van der Waals surface area contributed by atoms with Crippen LogP contribution < -0.4 is 10.8 Å². The lowest BCUT2D eigenvalue weighted by Gasteiger charge is -2.47. The lowest BCUT2D eigenvalue weighted by Crippen LogP contribution is -2.58. The van der Waals surface area contributed by atoms with Gasteiger partial charge in [0.25, 0.3) is 0 Å². The summed E-state index contributed by atoms with van der Waals surface area (Å²) in [5, 5.41) is 15.2. The number of hydrogen-bond donors (Lipinski definition) is 3. The van der Waals surface area contributed by atoms with Crippen molar-refractivity contribution in [1.29, 1.82) is 0 Å². The number of rotatable bonds is 4. The van der Waals surface area contributed by atoms with Crippen LogP contribution in [0.25, 0.3) is 0 Å². The third-order valence-electron chi connectivity index (χ3n) is 6.28. The highest BCUT2D eigenvalue weighted by Gasteiger charge is 2.54. The van der Waals surface area contributed by atoms with Gasteiger partial charge >= 0.3 is 0 Å². The van der Waals surface area contributed by atoms with Crippen LogP contribution in [0.5, 0.6) is 0 Å². The van der Waals surface area contributed by atoms with E-state index < -0.39 is 5.60 Å². The van der Waals surface area contributed by atoms with Crippen molar-refractivity contribution in [2.75, 3.05) is 20.1 Å². The molecule has 0 bridgehead atoms. The molecule has 3 N–H and O–H groups in total. The second-order valence-corrected chi connectivity index (χ2v) is 7.60. The summed E-state index contributed by atoms with van der Waals surface area (Å²) in [4.78, 5) is 8.22. The Hall–Kier alpha value is -0.980. The molecule has 3 atom stereocenters. The van der Waals surface area contributed by atoms with Gasteiger partial charge in [-0.05, 0) is 57.3 Å². The molecule has 1 aliphatic carbocycles. The van der Waals surface area contributed by atoms with E-state index in [2.05, 4.69) is 22.7 Å². The fourth-order valence-electron chi connectivity index (χ4n) is 4.58. The Bertz CT molecular complexity index is 545. The van der Waals surface area contributed by atoms with Gasteiger partial charge in [0.15, 0.2) is 0 Å². The van der Waals surface area contributed by atoms with Crippen molar-refractivity contribution in [2.24, 2.45) is 11.8 Å². The van der Waals surface area contributed by atoms with Crippen LogP contribution in [0.15, 0.2) is 30.3 Å². The number of aliphatic hydroxyl groups is 1. The minimum atomic E-state index is -0.907. The summed E-state index contributed by atoms with van der Waals surface area (Å²) < 4.78 is 0. The van der Waals surface area contributed by atoms with Crippen molar-refractivity contribution < 1.29 is 9.94 Å². The zero-order valence-electron chi connectivity index (χ0n) is 16.4. The summed E-state index contributed by atoms with van der Waals surface area (Å²) in [5.74, 6) is 0.797. The molecule has 146 valence electrons.